The largest absolute Gasteiger partial charge is 0.224 e. The first-order chi connectivity index (χ1) is 18.7. The lowest BCUT2D eigenvalue weighted by Crippen LogP contribution is -2.35. The first-order valence-electron chi connectivity index (χ1n) is 13.4. The number of nitrogens with zero attached hydrogens (tertiary/aromatic N) is 2. The van der Waals surface area contributed by atoms with Crippen LogP contribution in [0.2, 0.25) is 0 Å². The molecule has 1 atom stereocenters. The first-order valence-corrected chi connectivity index (χ1v) is 13.4. The van der Waals surface area contributed by atoms with Gasteiger partial charge in [0.25, 0.3) is 0 Å². The van der Waals surface area contributed by atoms with Crippen LogP contribution in [0.15, 0.2) is 116 Å². The Hall–Kier alpha value is -4.56. The number of aryl methyl sites for hydroxylation is 2. The van der Waals surface area contributed by atoms with Gasteiger partial charge in [-0.3, -0.25) is 0 Å². The maximum atomic E-state index is 2.46. The molecule has 38 heavy (non-hydrogen) atoms. The summed E-state index contributed by atoms with van der Waals surface area (Å²) >= 11 is 0. The van der Waals surface area contributed by atoms with Crippen molar-refractivity contribution in [3.8, 4) is 0 Å². The van der Waals surface area contributed by atoms with E-state index in [9.17, 15) is 0 Å². The van der Waals surface area contributed by atoms with Gasteiger partial charge in [-0.2, -0.15) is 4.40 Å². The zero-order chi connectivity index (χ0) is 25.4. The van der Waals surface area contributed by atoms with E-state index in [1.807, 2.05) is 0 Å². The lowest BCUT2D eigenvalue weighted by Gasteiger charge is -2.18. The van der Waals surface area contributed by atoms with Gasteiger partial charge < -0.3 is 0 Å². The van der Waals surface area contributed by atoms with E-state index in [1.165, 1.54) is 71.5 Å². The second kappa shape index (κ2) is 7.97. The van der Waals surface area contributed by atoms with Crippen molar-refractivity contribution in [3.63, 3.8) is 0 Å². The van der Waals surface area contributed by atoms with Crippen LogP contribution in [0.3, 0.4) is 0 Å². The monoisotopic (exact) mass is 488 g/mol. The summed E-state index contributed by atoms with van der Waals surface area (Å²) in [6, 6.07) is 38.2. The Morgan fingerprint density at radius 3 is 2.26 bits per heavy atom. The van der Waals surface area contributed by atoms with E-state index >= 15 is 0 Å². The second-order valence-electron chi connectivity index (χ2n) is 10.7. The standard InChI is InChI=1S/C36H28N2/c1-23-28-18-17-26-22-27-15-14-25-16-19-29(33(24-10-4-3-5-11-24)31-13-6-8-20-37(31)2)36(35(25)34(27)32(23)26)38-21-9-7-12-30(28)38/h3-21,33H,22H2,1-2H3/q+2. The van der Waals surface area contributed by atoms with E-state index in [-0.39, 0.29) is 5.92 Å². The van der Waals surface area contributed by atoms with E-state index < -0.39 is 0 Å². The molecular weight excluding hydrogens is 460 g/mol. The third kappa shape index (κ3) is 2.89. The molecule has 0 spiro atoms. The molecule has 8 rings (SSSR count). The van der Waals surface area contributed by atoms with Gasteiger partial charge in [0.05, 0.1) is 10.8 Å². The van der Waals surface area contributed by atoms with Gasteiger partial charge in [0.1, 0.15) is 13.0 Å². The van der Waals surface area contributed by atoms with Gasteiger partial charge in [-0.25, -0.2) is 4.57 Å². The molecule has 0 N–H and O–H groups in total. The van der Waals surface area contributed by atoms with Crippen molar-refractivity contribution in [2.75, 3.05) is 0 Å². The molecule has 180 valence electrons. The van der Waals surface area contributed by atoms with Gasteiger partial charge >= 0.3 is 0 Å². The number of hydrogen-bond acceptors (Lipinski definition) is 0. The quantitative estimate of drug-likeness (QED) is 0.234. The van der Waals surface area contributed by atoms with E-state index in [4.69, 9.17) is 0 Å². The summed E-state index contributed by atoms with van der Waals surface area (Å²) in [4.78, 5) is 0. The smallest absolute Gasteiger partial charge is 0.204 e. The number of benzene rings is 4. The SMILES string of the molecule is Cc1c2ccc3c1c1c(ccc4ccc(C(c5ccccc5)c5cccc[n+]5C)c(c41)[n+]1ccccc21)C3. The van der Waals surface area contributed by atoms with E-state index in [1.54, 1.807) is 0 Å². The van der Waals surface area contributed by atoms with Gasteiger partial charge in [-0.05, 0) is 58.5 Å². The Kier molecular flexibility index (Phi) is 4.51. The normalized spacial score (nSPS) is 13.3. The van der Waals surface area contributed by atoms with Crippen LogP contribution >= 0.6 is 0 Å². The van der Waals surface area contributed by atoms with Crippen LogP contribution in [0.4, 0.5) is 0 Å². The van der Waals surface area contributed by atoms with Crippen LogP contribution in [0.1, 0.15) is 39.4 Å². The third-order valence-electron chi connectivity index (χ3n) is 8.67. The summed E-state index contributed by atoms with van der Waals surface area (Å²) in [5, 5.41) is 6.86. The highest BCUT2D eigenvalue weighted by molar-refractivity contribution is 6.19. The summed E-state index contributed by atoms with van der Waals surface area (Å²) in [7, 11) is 2.16. The fourth-order valence-corrected chi connectivity index (χ4v) is 6.98. The second-order valence-corrected chi connectivity index (χ2v) is 10.7. The maximum absolute atomic E-state index is 2.46. The van der Waals surface area contributed by atoms with Crippen molar-refractivity contribution >= 4 is 38.0 Å². The minimum atomic E-state index is 0.0814. The molecule has 1 aliphatic rings. The van der Waals surface area contributed by atoms with Crippen molar-refractivity contribution in [1.29, 1.82) is 0 Å². The van der Waals surface area contributed by atoms with Crippen LogP contribution in [-0.2, 0) is 13.5 Å². The number of rotatable bonds is 3. The molecule has 4 aromatic carbocycles. The summed E-state index contributed by atoms with van der Waals surface area (Å²) in [5.41, 5.74) is 10.7. The van der Waals surface area contributed by atoms with Gasteiger partial charge in [0.2, 0.25) is 11.0 Å². The van der Waals surface area contributed by atoms with Crippen molar-refractivity contribution in [2.24, 2.45) is 7.05 Å². The van der Waals surface area contributed by atoms with Crippen molar-refractivity contribution in [2.45, 2.75) is 19.3 Å². The highest BCUT2D eigenvalue weighted by Gasteiger charge is 2.32. The summed E-state index contributed by atoms with van der Waals surface area (Å²) in [5.74, 6) is 0.0814. The summed E-state index contributed by atoms with van der Waals surface area (Å²) in [6.45, 7) is 2.31. The molecule has 2 bridgehead atoms. The highest BCUT2D eigenvalue weighted by atomic mass is 14.9. The molecule has 0 amide bonds. The zero-order valence-electron chi connectivity index (χ0n) is 21.6. The fourth-order valence-electron chi connectivity index (χ4n) is 6.98. The molecule has 0 radical (unpaired) electrons. The van der Waals surface area contributed by atoms with Gasteiger partial charge in [-0.15, -0.1) is 0 Å². The minimum Gasteiger partial charge on any atom is -0.204 e. The van der Waals surface area contributed by atoms with E-state index in [2.05, 4.69) is 138 Å². The first kappa shape index (κ1) is 21.5. The van der Waals surface area contributed by atoms with Crippen LogP contribution in [0, 0.1) is 6.92 Å². The van der Waals surface area contributed by atoms with Crippen molar-refractivity contribution in [3.05, 3.63) is 149 Å². The lowest BCUT2D eigenvalue weighted by molar-refractivity contribution is -0.679. The molecule has 2 nitrogen and oxygen atoms in total. The van der Waals surface area contributed by atoms with Gasteiger partial charge in [-0.1, -0.05) is 66.7 Å². The van der Waals surface area contributed by atoms with Crippen molar-refractivity contribution in [1.82, 2.24) is 0 Å². The Bertz CT molecular complexity index is 2070. The molecule has 0 aliphatic heterocycles. The molecule has 7 aromatic rings. The summed E-state index contributed by atoms with van der Waals surface area (Å²) < 4.78 is 4.73. The Morgan fingerprint density at radius 1 is 0.658 bits per heavy atom. The number of hydrogen-bond donors (Lipinski definition) is 0. The number of pyridine rings is 2. The number of aromatic nitrogens is 2. The van der Waals surface area contributed by atoms with Crippen LogP contribution in [0.5, 0.6) is 0 Å². The minimum absolute atomic E-state index is 0.0814. The molecule has 3 heterocycles. The average Bonchev–Trinajstić information content (AvgIpc) is 3.34. The van der Waals surface area contributed by atoms with Crippen LogP contribution < -0.4 is 8.97 Å². The Morgan fingerprint density at radius 2 is 1.39 bits per heavy atom. The van der Waals surface area contributed by atoms with Gasteiger partial charge in [0.15, 0.2) is 18.1 Å². The maximum Gasteiger partial charge on any atom is 0.224 e. The predicted molar refractivity (Wildman–Crippen MR) is 155 cm³/mol. The topological polar surface area (TPSA) is 7.98 Å². The highest BCUT2D eigenvalue weighted by Crippen LogP contribution is 2.44. The predicted octanol–water partition coefficient (Wildman–Crippen LogP) is 7.10. The van der Waals surface area contributed by atoms with E-state index in [0.717, 1.165) is 6.42 Å². The van der Waals surface area contributed by atoms with Crippen LogP contribution in [-0.4, -0.2) is 0 Å². The Labute approximate surface area is 222 Å². The molecule has 0 saturated heterocycles. The molecule has 1 aliphatic carbocycles. The third-order valence-corrected chi connectivity index (χ3v) is 8.67. The van der Waals surface area contributed by atoms with E-state index in [0.29, 0.717) is 0 Å². The fraction of sp³-hybridized carbons (Fsp3) is 0.111. The van der Waals surface area contributed by atoms with Crippen molar-refractivity contribution < 1.29 is 8.97 Å². The molecule has 1 unspecified atom stereocenters. The molecule has 2 heteroatoms. The molecule has 0 fully saturated rings. The molecular formula is C36H28N2+2. The molecule has 3 aromatic heterocycles. The lowest BCUT2D eigenvalue weighted by atomic mass is 9.84. The Balaban J connectivity index is 1.67. The van der Waals surface area contributed by atoms with Crippen LogP contribution in [0.25, 0.3) is 38.0 Å². The van der Waals surface area contributed by atoms with Gasteiger partial charge in [0, 0.05) is 35.2 Å². The molecule has 0 saturated carbocycles. The summed E-state index contributed by atoms with van der Waals surface area (Å²) in [6.07, 6.45) is 5.42. The zero-order valence-corrected chi connectivity index (χ0v) is 21.6. The average molecular weight is 489 g/mol. The number of fused-ring (bicyclic) bond motifs is 4.